The van der Waals surface area contributed by atoms with Gasteiger partial charge in [0.1, 0.15) is 0 Å². The van der Waals surface area contributed by atoms with Crippen LogP contribution in [0.1, 0.15) is 5.56 Å². The third-order valence-corrected chi connectivity index (χ3v) is 1.51. The Balaban J connectivity index is 2.85. The maximum absolute atomic E-state index is 8.29. The molecule has 0 radical (unpaired) electrons. The predicted octanol–water partition coefficient (Wildman–Crippen LogP) is 0.669. The average Bonchev–Trinajstić information content (AvgIpc) is 2.07. The minimum absolute atomic E-state index is 0.556. The average molecular weight is 168 g/mol. The van der Waals surface area contributed by atoms with Crippen molar-refractivity contribution in [3.05, 3.63) is 29.8 Å². The second-order valence-electron chi connectivity index (χ2n) is 2.46. The van der Waals surface area contributed by atoms with Crippen LogP contribution in [-0.2, 0) is 9.61 Å². The van der Waals surface area contributed by atoms with Gasteiger partial charge in [0.25, 0.3) is 0 Å². The van der Waals surface area contributed by atoms with Gasteiger partial charge in [-0.05, 0) is 12.4 Å². The van der Waals surface area contributed by atoms with E-state index >= 15 is 0 Å². The lowest BCUT2D eigenvalue weighted by Crippen LogP contribution is -2.35. The molecule has 0 aromatic heterocycles. The fraction of sp³-hybridized carbons (Fsp3) is 0.143. The zero-order valence-corrected chi connectivity index (χ0v) is 6.60. The molecule has 0 aliphatic carbocycles. The normalized spacial score (nSPS) is 9.92. The van der Waals surface area contributed by atoms with Gasteiger partial charge < -0.3 is 0 Å². The SMILES string of the molecule is Cc1cccc(B(OO)OO)c1. The molecule has 0 fully saturated rings. The van der Waals surface area contributed by atoms with Crippen molar-refractivity contribution in [1.29, 1.82) is 0 Å². The van der Waals surface area contributed by atoms with Crippen LogP contribution in [0.5, 0.6) is 0 Å². The molecule has 1 rings (SSSR count). The van der Waals surface area contributed by atoms with Crippen molar-refractivity contribution in [3.8, 4) is 0 Å². The van der Waals surface area contributed by atoms with E-state index in [2.05, 4.69) is 9.61 Å². The zero-order chi connectivity index (χ0) is 8.97. The van der Waals surface area contributed by atoms with Crippen LogP contribution in [-0.4, -0.2) is 17.6 Å². The van der Waals surface area contributed by atoms with E-state index in [0.717, 1.165) is 5.56 Å². The molecule has 0 saturated carbocycles. The first kappa shape index (κ1) is 9.21. The fourth-order valence-corrected chi connectivity index (χ4v) is 0.958. The maximum Gasteiger partial charge on any atom is 0.554 e. The summed E-state index contributed by atoms with van der Waals surface area (Å²) in [5, 5.41) is 16.6. The van der Waals surface area contributed by atoms with E-state index in [0.29, 0.717) is 5.46 Å². The Morgan fingerprint density at radius 1 is 1.25 bits per heavy atom. The fourth-order valence-electron chi connectivity index (χ4n) is 0.958. The Hall–Kier alpha value is -0.875. The van der Waals surface area contributed by atoms with E-state index in [1.54, 1.807) is 18.2 Å². The van der Waals surface area contributed by atoms with E-state index in [9.17, 15) is 0 Å². The molecule has 4 nitrogen and oxygen atoms in total. The quantitative estimate of drug-likeness (QED) is 0.395. The monoisotopic (exact) mass is 168 g/mol. The van der Waals surface area contributed by atoms with Gasteiger partial charge in [0.2, 0.25) is 0 Å². The van der Waals surface area contributed by atoms with Crippen molar-refractivity contribution in [1.82, 2.24) is 0 Å². The summed E-state index contributed by atoms with van der Waals surface area (Å²) < 4.78 is 0. The molecule has 2 N–H and O–H groups in total. The summed E-state index contributed by atoms with van der Waals surface area (Å²) in [6.45, 7) is 1.88. The van der Waals surface area contributed by atoms with E-state index in [4.69, 9.17) is 10.5 Å². The van der Waals surface area contributed by atoms with Gasteiger partial charge in [0, 0.05) is 0 Å². The van der Waals surface area contributed by atoms with Crippen molar-refractivity contribution in [2.24, 2.45) is 0 Å². The Morgan fingerprint density at radius 2 is 1.92 bits per heavy atom. The van der Waals surface area contributed by atoms with E-state index in [1.807, 2.05) is 13.0 Å². The molecule has 12 heavy (non-hydrogen) atoms. The molecular formula is C7H9BO4. The van der Waals surface area contributed by atoms with E-state index in [1.165, 1.54) is 0 Å². The molecule has 0 heterocycles. The Labute approximate surface area is 70.4 Å². The van der Waals surface area contributed by atoms with Gasteiger partial charge >= 0.3 is 7.12 Å². The highest BCUT2D eigenvalue weighted by molar-refractivity contribution is 6.60. The number of aryl methyl sites for hydroxylation is 1. The van der Waals surface area contributed by atoms with E-state index < -0.39 is 7.12 Å². The van der Waals surface area contributed by atoms with Gasteiger partial charge in [0.05, 0.1) is 0 Å². The molecule has 0 unspecified atom stereocenters. The first-order chi connectivity index (χ1) is 5.77. The highest BCUT2D eigenvalue weighted by Crippen LogP contribution is 1.95. The number of rotatable bonds is 3. The lowest BCUT2D eigenvalue weighted by atomic mass is 9.79. The summed E-state index contributed by atoms with van der Waals surface area (Å²) in [5.74, 6) is 0. The molecule has 0 atom stereocenters. The molecular weight excluding hydrogens is 159 g/mol. The molecule has 1 aromatic rings. The maximum atomic E-state index is 8.29. The van der Waals surface area contributed by atoms with Gasteiger partial charge in [-0.1, -0.05) is 29.8 Å². The van der Waals surface area contributed by atoms with Crippen molar-refractivity contribution in [3.63, 3.8) is 0 Å². The molecule has 0 amide bonds. The molecule has 0 saturated heterocycles. The Kier molecular flexibility index (Phi) is 3.24. The molecule has 64 valence electrons. The topological polar surface area (TPSA) is 58.9 Å². The van der Waals surface area contributed by atoms with Crippen molar-refractivity contribution < 1.29 is 20.1 Å². The lowest BCUT2D eigenvalue weighted by molar-refractivity contribution is -0.221. The zero-order valence-electron chi connectivity index (χ0n) is 6.60. The van der Waals surface area contributed by atoms with Gasteiger partial charge in [-0.2, -0.15) is 0 Å². The summed E-state index contributed by atoms with van der Waals surface area (Å²) in [6, 6.07) is 7.06. The first-order valence-corrected chi connectivity index (χ1v) is 3.45. The molecule has 0 spiro atoms. The van der Waals surface area contributed by atoms with E-state index in [-0.39, 0.29) is 0 Å². The standard InChI is InChI=1S/C7H9BO4/c1-6-3-2-4-7(5-6)8(11-9)12-10/h2-5,9-10H,1H3. The van der Waals surface area contributed by atoms with Crippen LogP contribution >= 0.6 is 0 Å². The Bertz CT molecular complexity index is 249. The summed E-state index contributed by atoms with van der Waals surface area (Å²) in [4.78, 5) is 7.74. The first-order valence-electron chi connectivity index (χ1n) is 3.45. The minimum Gasteiger partial charge on any atom is -0.264 e. The summed E-state index contributed by atoms with van der Waals surface area (Å²) in [6.07, 6.45) is 0. The van der Waals surface area contributed by atoms with Crippen LogP contribution in [0.2, 0.25) is 0 Å². The number of benzene rings is 1. The van der Waals surface area contributed by atoms with Crippen LogP contribution in [0.25, 0.3) is 0 Å². The predicted molar refractivity (Wildman–Crippen MR) is 44.0 cm³/mol. The third-order valence-electron chi connectivity index (χ3n) is 1.51. The summed E-state index contributed by atoms with van der Waals surface area (Å²) >= 11 is 0. The largest absolute Gasteiger partial charge is 0.554 e. The van der Waals surface area contributed by atoms with Crippen molar-refractivity contribution in [2.45, 2.75) is 6.92 Å². The molecule has 5 heteroatoms. The Morgan fingerprint density at radius 3 is 2.42 bits per heavy atom. The summed E-state index contributed by atoms with van der Waals surface area (Å²) in [7, 11) is -1.13. The molecule has 0 aliphatic heterocycles. The molecule has 0 bridgehead atoms. The van der Waals surface area contributed by atoms with Gasteiger partial charge in [-0.15, -0.1) is 0 Å². The smallest absolute Gasteiger partial charge is 0.264 e. The minimum atomic E-state index is -1.13. The lowest BCUT2D eigenvalue weighted by Gasteiger charge is -2.04. The van der Waals surface area contributed by atoms with Crippen molar-refractivity contribution >= 4 is 12.6 Å². The molecule has 0 aliphatic rings. The number of hydrogen-bond acceptors (Lipinski definition) is 4. The van der Waals surface area contributed by atoms with Crippen LogP contribution in [0.4, 0.5) is 0 Å². The third kappa shape index (κ3) is 2.05. The van der Waals surface area contributed by atoms with Crippen molar-refractivity contribution in [2.75, 3.05) is 0 Å². The van der Waals surface area contributed by atoms with Crippen LogP contribution in [0, 0.1) is 6.92 Å². The van der Waals surface area contributed by atoms with Crippen LogP contribution in [0.3, 0.4) is 0 Å². The highest BCUT2D eigenvalue weighted by Gasteiger charge is 2.21. The second kappa shape index (κ2) is 4.23. The molecule has 1 aromatic carbocycles. The van der Waals surface area contributed by atoms with Gasteiger partial charge in [-0.25, -0.2) is 0 Å². The van der Waals surface area contributed by atoms with Gasteiger partial charge in [-0.3, -0.25) is 20.1 Å². The second-order valence-corrected chi connectivity index (χ2v) is 2.46. The van der Waals surface area contributed by atoms with Crippen LogP contribution in [0.15, 0.2) is 24.3 Å². The van der Waals surface area contributed by atoms with Gasteiger partial charge in [0.15, 0.2) is 0 Å². The number of hydrogen-bond donors (Lipinski definition) is 2. The van der Waals surface area contributed by atoms with Crippen LogP contribution < -0.4 is 5.46 Å². The highest BCUT2D eigenvalue weighted by atomic mass is 17.2. The summed E-state index contributed by atoms with van der Waals surface area (Å²) in [5.41, 5.74) is 1.55.